The smallest absolute Gasteiger partial charge is 0.156 e. The van der Waals surface area contributed by atoms with Crippen LogP contribution in [0.5, 0.6) is 0 Å². The first-order valence-corrected chi connectivity index (χ1v) is 6.42. The molecule has 3 heteroatoms. The third-order valence-corrected chi connectivity index (χ3v) is 3.73. The van der Waals surface area contributed by atoms with E-state index in [1.54, 1.807) is 0 Å². The third kappa shape index (κ3) is 2.53. The van der Waals surface area contributed by atoms with Gasteiger partial charge in [0, 0.05) is 10.9 Å². The fraction of sp³-hybridized carbons (Fsp3) is 0.462. The van der Waals surface area contributed by atoms with E-state index < -0.39 is 0 Å². The van der Waals surface area contributed by atoms with Crippen LogP contribution in [-0.4, -0.2) is 17.9 Å². The fourth-order valence-corrected chi connectivity index (χ4v) is 2.61. The number of carbonyl (C=O) groups excluding carboxylic acids is 1. The van der Waals surface area contributed by atoms with Crippen LogP contribution in [0.2, 0.25) is 0 Å². The Balaban J connectivity index is 2.07. The number of rotatable bonds is 3. The van der Waals surface area contributed by atoms with E-state index in [1.165, 1.54) is 0 Å². The second-order valence-electron chi connectivity index (χ2n) is 4.59. The van der Waals surface area contributed by atoms with Crippen LogP contribution in [0, 0.1) is 0 Å². The van der Waals surface area contributed by atoms with E-state index in [0.717, 1.165) is 29.4 Å². The lowest BCUT2D eigenvalue weighted by atomic mass is 9.90. The summed E-state index contributed by atoms with van der Waals surface area (Å²) in [6, 6.07) is 7.96. The molecule has 1 N–H and O–H groups in total. The van der Waals surface area contributed by atoms with Crippen LogP contribution in [0.3, 0.4) is 0 Å². The van der Waals surface area contributed by atoms with E-state index in [4.69, 9.17) is 0 Å². The van der Waals surface area contributed by atoms with Crippen molar-refractivity contribution >= 4 is 21.7 Å². The molecule has 2 rings (SSSR count). The van der Waals surface area contributed by atoms with Gasteiger partial charge in [-0.1, -0.05) is 28.1 Å². The van der Waals surface area contributed by atoms with Crippen molar-refractivity contribution in [3.05, 3.63) is 34.3 Å². The van der Waals surface area contributed by atoms with Crippen LogP contribution in [0.15, 0.2) is 28.7 Å². The third-order valence-electron chi connectivity index (χ3n) is 3.24. The van der Waals surface area contributed by atoms with Crippen LogP contribution in [0.1, 0.15) is 25.3 Å². The average Bonchev–Trinajstić information content (AvgIpc) is 2.66. The maximum Gasteiger partial charge on any atom is 0.156 e. The van der Waals surface area contributed by atoms with Crippen LogP contribution in [0.25, 0.3) is 0 Å². The molecular weight excluding hydrogens is 266 g/mol. The van der Waals surface area contributed by atoms with E-state index in [-0.39, 0.29) is 5.54 Å². The van der Waals surface area contributed by atoms with Gasteiger partial charge in [0.1, 0.15) is 0 Å². The molecule has 1 atom stereocenters. The second-order valence-corrected chi connectivity index (χ2v) is 5.51. The highest BCUT2D eigenvalue weighted by Gasteiger charge is 2.35. The summed E-state index contributed by atoms with van der Waals surface area (Å²) in [7, 11) is 0. The van der Waals surface area contributed by atoms with Gasteiger partial charge in [0.15, 0.2) is 5.78 Å². The highest BCUT2D eigenvalue weighted by Crippen LogP contribution is 2.22. The van der Waals surface area contributed by atoms with Crippen molar-refractivity contribution in [2.75, 3.05) is 6.54 Å². The lowest BCUT2D eigenvalue weighted by Gasteiger charge is -2.22. The molecule has 0 spiro atoms. The standard InChI is InChI=1S/C13H16BrNO/c1-13(6-3-7-15-13)12(16)9-10-4-2-5-11(14)8-10/h2,4-5,8,15H,3,6-7,9H2,1H3. The van der Waals surface area contributed by atoms with Crippen molar-refractivity contribution in [2.45, 2.75) is 31.7 Å². The fourth-order valence-electron chi connectivity index (χ4n) is 2.16. The number of ketones is 1. The van der Waals surface area contributed by atoms with Gasteiger partial charge >= 0.3 is 0 Å². The zero-order valence-electron chi connectivity index (χ0n) is 9.42. The van der Waals surface area contributed by atoms with Crippen molar-refractivity contribution in [3.8, 4) is 0 Å². The molecule has 0 aliphatic carbocycles. The second kappa shape index (κ2) is 4.68. The quantitative estimate of drug-likeness (QED) is 0.923. The van der Waals surface area contributed by atoms with Gasteiger partial charge in [-0.15, -0.1) is 0 Å². The molecule has 1 heterocycles. The molecule has 1 aliphatic heterocycles. The van der Waals surface area contributed by atoms with Crippen LogP contribution < -0.4 is 5.32 Å². The molecule has 1 saturated heterocycles. The number of hydrogen-bond donors (Lipinski definition) is 1. The predicted molar refractivity (Wildman–Crippen MR) is 68.5 cm³/mol. The van der Waals surface area contributed by atoms with Crippen molar-refractivity contribution in [1.29, 1.82) is 0 Å². The zero-order valence-corrected chi connectivity index (χ0v) is 11.0. The van der Waals surface area contributed by atoms with E-state index in [1.807, 2.05) is 31.2 Å². The monoisotopic (exact) mass is 281 g/mol. The molecule has 16 heavy (non-hydrogen) atoms. The molecule has 1 fully saturated rings. The van der Waals surface area contributed by atoms with Gasteiger partial charge in [-0.3, -0.25) is 4.79 Å². The Labute approximate surface area is 105 Å². The Bertz CT molecular complexity index is 397. The van der Waals surface area contributed by atoms with E-state index >= 15 is 0 Å². The number of benzene rings is 1. The number of hydrogen-bond acceptors (Lipinski definition) is 2. The first-order chi connectivity index (χ1) is 7.60. The Morgan fingerprint density at radius 3 is 3.00 bits per heavy atom. The zero-order chi connectivity index (χ0) is 11.6. The maximum atomic E-state index is 12.2. The SMILES string of the molecule is CC1(C(=O)Cc2cccc(Br)c2)CCCN1. The first-order valence-electron chi connectivity index (χ1n) is 5.63. The molecule has 0 amide bonds. The summed E-state index contributed by atoms with van der Waals surface area (Å²) in [5.74, 6) is 0.295. The highest BCUT2D eigenvalue weighted by molar-refractivity contribution is 9.10. The number of halogens is 1. The molecule has 1 aliphatic rings. The number of nitrogens with one attached hydrogen (secondary N) is 1. The highest BCUT2D eigenvalue weighted by atomic mass is 79.9. The summed E-state index contributed by atoms with van der Waals surface area (Å²) in [4.78, 5) is 12.2. The van der Waals surface area contributed by atoms with Crippen molar-refractivity contribution in [2.24, 2.45) is 0 Å². The predicted octanol–water partition coefficient (Wildman–Crippen LogP) is 2.70. The number of Topliss-reactive ketones (excluding diaryl/α,β-unsaturated/α-hetero) is 1. The van der Waals surface area contributed by atoms with Gasteiger partial charge in [0.05, 0.1) is 5.54 Å². The average molecular weight is 282 g/mol. The van der Waals surface area contributed by atoms with Crippen molar-refractivity contribution in [3.63, 3.8) is 0 Å². The van der Waals surface area contributed by atoms with Gasteiger partial charge in [-0.25, -0.2) is 0 Å². The van der Waals surface area contributed by atoms with Gasteiger partial charge in [0.2, 0.25) is 0 Å². The molecule has 86 valence electrons. The Kier molecular flexibility index (Phi) is 3.45. The summed E-state index contributed by atoms with van der Waals surface area (Å²) in [6.45, 7) is 2.97. The normalized spacial score (nSPS) is 24.6. The topological polar surface area (TPSA) is 29.1 Å². The number of carbonyl (C=O) groups is 1. The maximum absolute atomic E-state index is 12.2. The van der Waals surface area contributed by atoms with Crippen LogP contribution >= 0.6 is 15.9 Å². The lowest BCUT2D eigenvalue weighted by Crippen LogP contribution is -2.45. The minimum atomic E-state index is -0.303. The molecule has 1 aromatic rings. The minimum absolute atomic E-state index is 0.295. The largest absolute Gasteiger partial charge is 0.305 e. The summed E-state index contributed by atoms with van der Waals surface area (Å²) >= 11 is 3.42. The van der Waals surface area contributed by atoms with Crippen molar-refractivity contribution < 1.29 is 4.79 Å². The van der Waals surface area contributed by atoms with E-state index in [9.17, 15) is 4.79 Å². The van der Waals surface area contributed by atoms with E-state index in [2.05, 4.69) is 21.2 Å². The summed E-state index contributed by atoms with van der Waals surface area (Å²) in [5, 5.41) is 3.31. The molecule has 0 aromatic heterocycles. The molecule has 0 radical (unpaired) electrons. The van der Waals surface area contributed by atoms with Gasteiger partial charge in [-0.05, 0) is 44.0 Å². The van der Waals surface area contributed by atoms with Crippen LogP contribution in [-0.2, 0) is 11.2 Å². The minimum Gasteiger partial charge on any atom is -0.305 e. The molecule has 2 nitrogen and oxygen atoms in total. The summed E-state index contributed by atoms with van der Waals surface area (Å²) in [6.07, 6.45) is 2.57. The van der Waals surface area contributed by atoms with E-state index in [0.29, 0.717) is 12.2 Å². The first kappa shape index (κ1) is 11.8. The Morgan fingerprint density at radius 1 is 1.56 bits per heavy atom. The summed E-state index contributed by atoms with van der Waals surface area (Å²) < 4.78 is 1.03. The van der Waals surface area contributed by atoms with Crippen molar-refractivity contribution in [1.82, 2.24) is 5.32 Å². The summed E-state index contributed by atoms with van der Waals surface area (Å²) in [5.41, 5.74) is 0.775. The van der Waals surface area contributed by atoms with Gasteiger partial charge in [0.25, 0.3) is 0 Å². The van der Waals surface area contributed by atoms with Crippen LogP contribution in [0.4, 0.5) is 0 Å². The molecule has 0 saturated carbocycles. The molecule has 1 aromatic carbocycles. The van der Waals surface area contributed by atoms with Gasteiger partial charge in [-0.2, -0.15) is 0 Å². The lowest BCUT2D eigenvalue weighted by molar-refractivity contribution is -0.123. The molecule has 0 bridgehead atoms. The van der Waals surface area contributed by atoms with Gasteiger partial charge < -0.3 is 5.32 Å². The molecule has 1 unspecified atom stereocenters. The molecular formula is C13H16BrNO. The Morgan fingerprint density at radius 2 is 2.38 bits per heavy atom. The Hall–Kier alpha value is -0.670.